The van der Waals surface area contributed by atoms with Crippen molar-refractivity contribution in [3.05, 3.63) is 59.2 Å². The van der Waals surface area contributed by atoms with E-state index < -0.39 is 10.0 Å². The molecule has 2 rings (SSSR count). The molecule has 1 amide bonds. The van der Waals surface area contributed by atoms with Crippen molar-refractivity contribution in [1.29, 1.82) is 0 Å². The van der Waals surface area contributed by atoms with Gasteiger partial charge in [-0.05, 0) is 43.5 Å². The lowest BCUT2D eigenvalue weighted by Crippen LogP contribution is -2.28. The van der Waals surface area contributed by atoms with Gasteiger partial charge in [0.2, 0.25) is 15.9 Å². The van der Waals surface area contributed by atoms with Gasteiger partial charge in [0, 0.05) is 18.7 Å². The minimum Gasteiger partial charge on any atom is -0.326 e. The van der Waals surface area contributed by atoms with Crippen LogP contribution in [0.2, 0.25) is 0 Å². The summed E-state index contributed by atoms with van der Waals surface area (Å²) in [7, 11) is -3.60. The van der Waals surface area contributed by atoms with Crippen molar-refractivity contribution in [3.63, 3.8) is 0 Å². The van der Waals surface area contributed by atoms with E-state index in [1.807, 2.05) is 39.0 Å². The summed E-state index contributed by atoms with van der Waals surface area (Å²) in [6.07, 6.45) is 0.889. The summed E-state index contributed by atoms with van der Waals surface area (Å²) in [5, 5.41) is 2.89. The number of para-hydroxylation sites is 1. The molecule has 0 atom stereocenters. The van der Waals surface area contributed by atoms with Gasteiger partial charge in [-0.2, -0.15) is 0 Å². The van der Waals surface area contributed by atoms with Gasteiger partial charge in [0.1, 0.15) is 0 Å². The van der Waals surface area contributed by atoms with Crippen LogP contribution in [0, 0.1) is 13.8 Å². The zero-order valence-electron chi connectivity index (χ0n) is 14.8. The van der Waals surface area contributed by atoms with E-state index >= 15 is 0 Å². The van der Waals surface area contributed by atoms with E-state index in [1.165, 1.54) is 0 Å². The number of amides is 1. The second-order valence-corrected chi connectivity index (χ2v) is 7.74. The van der Waals surface area contributed by atoms with E-state index in [0.717, 1.165) is 28.8 Å². The molecule has 0 saturated heterocycles. The molecular formula is C19H24N2O3S. The van der Waals surface area contributed by atoms with E-state index in [4.69, 9.17) is 0 Å². The fourth-order valence-corrected chi connectivity index (χ4v) is 3.54. The fraction of sp³-hybridized carbons (Fsp3) is 0.316. The van der Waals surface area contributed by atoms with Crippen LogP contribution in [-0.2, 0) is 21.2 Å². The number of hydrogen-bond acceptors (Lipinski definition) is 3. The van der Waals surface area contributed by atoms with Gasteiger partial charge in [-0.15, -0.1) is 0 Å². The average Bonchev–Trinajstić information content (AvgIpc) is 2.57. The number of carbonyl (C=O) groups is 1. The van der Waals surface area contributed by atoms with Gasteiger partial charge in [-0.3, -0.25) is 4.79 Å². The minimum absolute atomic E-state index is 0.0510. The van der Waals surface area contributed by atoms with E-state index in [0.29, 0.717) is 0 Å². The van der Waals surface area contributed by atoms with E-state index in [-0.39, 0.29) is 23.8 Å². The number of hydrogen-bond donors (Lipinski definition) is 2. The maximum Gasteiger partial charge on any atom is 0.240 e. The molecule has 2 N–H and O–H groups in total. The Labute approximate surface area is 149 Å². The molecule has 6 heteroatoms. The zero-order valence-corrected chi connectivity index (χ0v) is 15.6. The van der Waals surface area contributed by atoms with Crippen molar-refractivity contribution >= 4 is 21.6 Å². The molecule has 0 radical (unpaired) electrons. The predicted molar refractivity (Wildman–Crippen MR) is 100 cm³/mol. The van der Waals surface area contributed by atoms with Crippen LogP contribution in [0.1, 0.15) is 30.0 Å². The molecule has 5 nitrogen and oxygen atoms in total. The highest BCUT2D eigenvalue weighted by Gasteiger charge is 2.14. The fourth-order valence-electron chi connectivity index (χ4n) is 2.50. The normalized spacial score (nSPS) is 11.3. The third-order valence-corrected chi connectivity index (χ3v) is 5.46. The first-order chi connectivity index (χ1) is 11.8. The molecule has 2 aromatic rings. The second-order valence-electron chi connectivity index (χ2n) is 5.97. The third kappa shape index (κ3) is 5.14. The Balaban J connectivity index is 1.94. The molecule has 0 spiro atoms. The average molecular weight is 360 g/mol. The second kappa shape index (κ2) is 8.27. The van der Waals surface area contributed by atoms with E-state index in [9.17, 15) is 13.2 Å². The Morgan fingerprint density at radius 1 is 1.04 bits per heavy atom. The Bertz CT molecular complexity index is 843. The van der Waals surface area contributed by atoms with Crippen molar-refractivity contribution < 1.29 is 13.2 Å². The smallest absolute Gasteiger partial charge is 0.240 e. The summed E-state index contributed by atoms with van der Waals surface area (Å²) in [5.41, 5.74) is 3.86. The maximum absolute atomic E-state index is 12.2. The predicted octanol–water partition coefficient (Wildman–Crippen LogP) is 3.17. The largest absolute Gasteiger partial charge is 0.326 e. The van der Waals surface area contributed by atoms with Crippen molar-refractivity contribution in [3.8, 4) is 0 Å². The van der Waals surface area contributed by atoms with Crippen LogP contribution in [0.15, 0.2) is 47.4 Å². The molecule has 2 aromatic carbocycles. The van der Waals surface area contributed by atoms with Crippen LogP contribution in [0.5, 0.6) is 0 Å². The van der Waals surface area contributed by atoms with Crippen LogP contribution in [-0.4, -0.2) is 20.9 Å². The molecule has 0 fully saturated rings. The Morgan fingerprint density at radius 2 is 1.72 bits per heavy atom. The van der Waals surface area contributed by atoms with E-state index in [2.05, 4.69) is 10.0 Å². The monoisotopic (exact) mass is 360 g/mol. The highest BCUT2D eigenvalue weighted by Crippen LogP contribution is 2.21. The lowest BCUT2D eigenvalue weighted by molar-refractivity contribution is -0.116. The van der Waals surface area contributed by atoms with Gasteiger partial charge in [0.15, 0.2) is 0 Å². The molecule has 0 aliphatic carbocycles. The van der Waals surface area contributed by atoms with Gasteiger partial charge < -0.3 is 5.32 Å². The standard InChI is InChI=1S/C19H24N2O3S/c1-4-16-7-5-6-15(3)19(16)21-18(22)12-13-20-25(23,24)17-10-8-14(2)9-11-17/h5-11,20H,4,12-13H2,1-3H3,(H,21,22). The first kappa shape index (κ1) is 19.1. The Kier molecular flexibility index (Phi) is 6.33. The van der Waals surface area contributed by atoms with Gasteiger partial charge in [-0.1, -0.05) is 42.8 Å². The Hall–Kier alpha value is -2.18. The lowest BCUT2D eigenvalue weighted by Gasteiger charge is -2.13. The number of carbonyl (C=O) groups excluding carboxylic acids is 1. The number of rotatable bonds is 7. The van der Waals surface area contributed by atoms with Gasteiger partial charge >= 0.3 is 0 Å². The maximum atomic E-state index is 12.2. The van der Waals surface area contributed by atoms with Crippen LogP contribution >= 0.6 is 0 Å². The number of sulfonamides is 1. The SMILES string of the molecule is CCc1cccc(C)c1NC(=O)CCNS(=O)(=O)c1ccc(C)cc1. The van der Waals surface area contributed by atoms with Crippen molar-refractivity contribution in [2.45, 2.75) is 38.5 Å². The molecule has 25 heavy (non-hydrogen) atoms. The Morgan fingerprint density at radius 3 is 2.36 bits per heavy atom. The molecule has 0 saturated carbocycles. The zero-order chi connectivity index (χ0) is 18.4. The van der Waals surface area contributed by atoms with Gasteiger partial charge in [-0.25, -0.2) is 13.1 Å². The van der Waals surface area contributed by atoms with Crippen LogP contribution in [0.3, 0.4) is 0 Å². The lowest BCUT2D eigenvalue weighted by atomic mass is 10.1. The molecule has 0 unspecified atom stereocenters. The first-order valence-electron chi connectivity index (χ1n) is 8.28. The highest BCUT2D eigenvalue weighted by molar-refractivity contribution is 7.89. The van der Waals surface area contributed by atoms with Crippen molar-refractivity contribution in [2.75, 3.05) is 11.9 Å². The third-order valence-electron chi connectivity index (χ3n) is 3.98. The van der Waals surface area contributed by atoms with Gasteiger partial charge in [0.05, 0.1) is 4.90 Å². The molecule has 0 aromatic heterocycles. The minimum atomic E-state index is -3.60. The number of nitrogens with one attached hydrogen (secondary N) is 2. The van der Waals surface area contributed by atoms with Crippen molar-refractivity contribution in [1.82, 2.24) is 4.72 Å². The van der Waals surface area contributed by atoms with Crippen LogP contribution in [0.25, 0.3) is 0 Å². The summed E-state index contributed by atoms with van der Waals surface area (Å²) in [4.78, 5) is 12.4. The van der Waals surface area contributed by atoms with Crippen LogP contribution in [0.4, 0.5) is 5.69 Å². The first-order valence-corrected chi connectivity index (χ1v) is 9.76. The molecular weight excluding hydrogens is 336 g/mol. The van der Waals surface area contributed by atoms with Gasteiger partial charge in [0.25, 0.3) is 0 Å². The topological polar surface area (TPSA) is 75.3 Å². The molecule has 134 valence electrons. The molecule has 0 heterocycles. The number of benzene rings is 2. The van der Waals surface area contributed by atoms with Crippen molar-refractivity contribution in [2.24, 2.45) is 0 Å². The highest BCUT2D eigenvalue weighted by atomic mass is 32.2. The summed E-state index contributed by atoms with van der Waals surface area (Å²) in [6, 6.07) is 12.5. The molecule has 0 aliphatic heterocycles. The molecule has 0 aliphatic rings. The summed E-state index contributed by atoms with van der Waals surface area (Å²) in [5.74, 6) is -0.212. The number of anilines is 1. The summed E-state index contributed by atoms with van der Waals surface area (Å²) in [6.45, 7) is 5.91. The number of aryl methyl sites for hydroxylation is 3. The summed E-state index contributed by atoms with van der Waals surface area (Å²) >= 11 is 0. The van der Waals surface area contributed by atoms with E-state index in [1.54, 1.807) is 24.3 Å². The molecule has 0 bridgehead atoms. The van der Waals surface area contributed by atoms with Crippen LogP contribution < -0.4 is 10.0 Å². The quantitative estimate of drug-likeness (QED) is 0.796. The summed E-state index contributed by atoms with van der Waals surface area (Å²) < 4.78 is 26.9.